The highest BCUT2D eigenvalue weighted by Crippen LogP contribution is 2.16. The monoisotopic (exact) mass is 321 g/mol. The van der Waals surface area contributed by atoms with Gasteiger partial charge in [0.05, 0.1) is 6.54 Å². The largest absolute Gasteiger partial charge is 0.370 e. The standard InChI is InChI=1S/C17H28FN5/c1-3-22(4-2)17(19)20-9-10-21-11-13-23(14-12-21)16-7-5-15(18)6-8-16/h5-8H,3-4,9-14H2,1-2H3,(H2,19,20). The Morgan fingerprint density at radius 2 is 1.74 bits per heavy atom. The summed E-state index contributed by atoms with van der Waals surface area (Å²) < 4.78 is 13.0. The van der Waals surface area contributed by atoms with E-state index in [-0.39, 0.29) is 5.82 Å². The lowest BCUT2D eigenvalue weighted by molar-refractivity contribution is 0.264. The Morgan fingerprint density at radius 1 is 1.13 bits per heavy atom. The van der Waals surface area contributed by atoms with Gasteiger partial charge in [-0.25, -0.2) is 4.39 Å². The van der Waals surface area contributed by atoms with Gasteiger partial charge in [0, 0.05) is 51.5 Å². The van der Waals surface area contributed by atoms with Gasteiger partial charge in [0.25, 0.3) is 0 Å². The minimum Gasteiger partial charge on any atom is -0.370 e. The maximum atomic E-state index is 13.0. The van der Waals surface area contributed by atoms with E-state index in [2.05, 4.69) is 33.5 Å². The number of hydrogen-bond donors (Lipinski definition) is 1. The average Bonchev–Trinajstić information content (AvgIpc) is 2.57. The van der Waals surface area contributed by atoms with Crippen molar-refractivity contribution in [3.63, 3.8) is 0 Å². The zero-order valence-electron chi connectivity index (χ0n) is 14.2. The molecule has 6 heteroatoms. The van der Waals surface area contributed by atoms with Crippen LogP contribution in [0.1, 0.15) is 13.8 Å². The molecule has 1 fully saturated rings. The maximum absolute atomic E-state index is 13.0. The fourth-order valence-corrected chi connectivity index (χ4v) is 2.84. The Kier molecular flexibility index (Phi) is 6.65. The van der Waals surface area contributed by atoms with Crippen LogP contribution in [0.25, 0.3) is 0 Å². The summed E-state index contributed by atoms with van der Waals surface area (Å²) in [5.41, 5.74) is 7.08. The van der Waals surface area contributed by atoms with Crippen LogP contribution in [0.2, 0.25) is 0 Å². The van der Waals surface area contributed by atoms with E-state index in [1.54, 1.807) is 0 Å². The summed E-state index contributed by atoms with van der Waals surface area (Å²) in [7, 11) is 0. The van der Waals surface area contributed by atoms with E-state index in [0.29, 0.717) is 5.96 Å². The summed E-state index contributed by atoms with van der Waals surface area (Å²) in [6.07, 6.45) is 0. The van der Waals surface area contributed by atoms with Crippen LogP contribution in [0.3, 0.4) is 0 Å². The summed E-state index contributed by atoms with van der Waals surface area (Å²) in [6, 6.07) is 6.74. The topological polar surface area (TPSA) is 48.1 Å². The minimum absolute atomic E-state index is 0.184. The van der Waals surface area contributed by atoms with E-state index < -0.39 is 0 Å². The van der Waals surface area contributed by atoms with Crippen molar-refractivity contribution in [1.29, 1.82) is 0 Å². The fraction of sp³-hybridized carbons (Fsp3) is 0.588. The van der Waals surface area contributed by atoms with Gasteiger partial charge in [0.1, 0.15) is 5.82 Å². The lowest BCUT2D eigenvalue weighted by Crippen LogP contribution is -2.47. The van der Waals surface area contributed by atoms with Crippen molar-refractivity contribution in [2.24, 2.45) is 10.7 Å². The fourth-order valence-electron chi connectivity index (χ4n) is 2.84. The van der Waals surface area contributed by atoms with Gasteiger partial charge in [-0.15, -0.1) is 0 Å². The van der Waals surface area contributed by atoms with Gasteiger partial charge in [-0.3, -0.25) is 9.89 Å². The second-order valence-corrected chi connectivity index (χ2v) is 5.72. The first kappa shape index (κ1) is 17.5. The van der Waals surface area contributed by atoms with Gasteiger partial charge >= 0.3 is 0 Å². The van der Waals surface area contributed by atoms with Crippen LogP contribution in [0.15, 0.2) is 29.3 Å². The molecule has 5 nitrogen and oxygen atoms in total. The van der Waals surface area contributed by atoms with Crippen molar-refractivity contribution in [2.45, 2.75) is 13.8 Å². The first-order valence-corrected chi connectivity index (χ1v) is 8.41. The second-order valence-electron chi connectivity index (χ2n) is 5.72. The molecular weight excluding hydrogens is 293 g/mol. The molecule has 0 unspecified atom stereocenters. The molecule has 2 N–H and O–H groups in total. The molecule has 1 heterocycles. The Bertz CT molecular complexity index is 490. The number of halogens is 1. The molecule has 1 aliphatic rings. The number of benzene rings is 1. The quantitative estimate of drug-likeness (QED) is 0.639. The summed E-state index contributed by atoms with van der Waals surface area (Å²) >= 11 is 0. The number of aliphatic imine (C=N–C) groups is 1. The van der Waals surface area contributed by atoms with Crippen molar-refractivity contribution >= 4 is 11.6 Å². The van der Waals surface area contributed by atoms with Crippen LogP contribution in [0.5, 0.6) is 0 Å². The molecule has 1 aromatic carbocycles. The van der Waals surface area contributed by atoms with Crippen LogP contribution in [-0.2, 0) is 0 Å². The van der Waals surface area contributed by atoms with E-state index in [4.69, 9.17) is 5.73 Å². The normalized spacial score (nSPS) is 16.7. The van der Waals surface area contributed by atoms with Crippen molar-refractivity contribution < 1.29 is 4.39 Å². The van der Waals surface area contributed by atoms with Gasteiger partial charge in [-0.2, -0.15) is 0 Å². The Balaban J connectivity index is 1.74. The molecule has 0 saturated carbocycles. The number of anilines is 1. The van der Waals surface area contributed by atoms with E-state index in [1.807, 2.05) is 12.1 Å². The van der Waals surface area contributed by atoms with Gasteiger partial charge in [-0.1, -0.05) is 0 Å². The van der Waals surface area contributed by atoms with Crippen LogP contribution >= 0.6 is 0 Å². The first-order valence-electron chi connectivity index (χ1n) is 8.41. The molecule has 0 bridgehead atoms. The van der Waals surface area contributed by atoms with E-state index in [9.17, 15) is 4.39 Å². The summed E-state index contributed by atoms with van der Waals surface area (Å²) in [5, 5.41) is 0. The Morgan fingerprint density at radius 3 is 2.30 bits per heavy atom. The minimum atomic E-state index is -0.184. The molecular formula is C17H28FN5. The molecule has 0 radical (unpaired) electrons. The Labute approximate surface area is 138 Å². The van der Waals surface area contributed by atoms with Crippen molar-refractivity contribution in [3.05, 3.63) is 30.1 Å². The third kappa shape index (κ3) is 5.10. The van der Waals surface area contributed by atoms with E-state index in [0.717, 1.165) is 58.0 Å². The van der Waals surface area contributed by atoms with Crippen LogP contribution in [0, 0.1) is 5.82 Å². The van der Waals surface area contributed by atoms with Crippen molar-refractivity contribution in [2.75, 3.05) is 57.3 Å². The highest BCUT2D eigenvalue weighted by atomic mass is 19.1. The third-order valence-corrected chi connectivity index (χ3v) is 4.34. The number of nitrogens with two attached hydrogens (primary N) is 1. The highest BCUT2D eigenvalue weighted by molar-refractivity contribution is 5.77. The molecule has 0 amide bonds. The first-order chi connectivity index (χ1) is 11.1. The molecule has 0 aromatic heterocycles. The SMILES string of the molecule is CCN(CC)C(N)=NCCN1CCN(c2ccc(F)cc2)CC1. The van der Waals surface area contributed by atoms with Gasteiger partial charge in [-0.05, 0) is 38.1 Å². The predicted molar refractivity (Wildman–Crippen MR) is 94.5 cm³/mol. The van der Waals surface area contributed by atoms with Crippen molar-refractivity contribution in [3.8, 4) is 0 Å². The third-order valence-electron chi connectivity index (χ3n) is 4.34. The van der Waals surface area contributed by atoms with E-state index >= 15 is 0 Å². The van der Waals surface area contributed by atoms with Gasteiger partial charge in [0.2, 0.25) is 0 Å². The van der Waals surface area contributed by atoms with Crippen LogP contribution in [0.4, 0.5) is 10.1 Å². The second kappa shape index (κ2) is 8.72. The highest BCUT2D eigenvalue weighted by Gasteiger charge is 2.16. The lowest BCUT2D eigenvalue weighted by Gasteiger charge is -2.35. The maximum Gasteiger partial charge on any atom is 0.191 e. The molecule has 128 valence electrons. The molecule has 0 aliphatic carbocycles. The molecule has 1 saturated heterocycles. The number of piperazine rings is 1. The zero-order valence-corrected chi connectivity index (χ0v) is 14.2. The summed E-state index contributed by atoms with van der Waals surface area (Å²) in [5.74, 6) is 0.455. The van der Waals surface area contributed by atoms with E-state index in [1.165, 1.54) is 12.1 Å². The predicted octanol–water partition coefficient (Wildman–Crippen LogP) is 1.60. The zero-order chi connectivity index (χ0) is 16.7. The number of hydrogen-bond acceptors (Lipinski definition) is 3. The number of rotatable bonds is 6. The van der Waals surface area contributed by atoms with Gasteiger partial charge < -0.3 is 15.5 Å². The molecule has 0 atom stereocenters. The molecule has 23 heavy (non-hydrogen) atoms. The molecule has 1 aromatic rings. The number of guanidine groups is 1. The Hall–Kier alpha value is -1.82. The summed E-state index contributed by atoms with van der Waals surface area (Å²) in [6.45, 7) is 11.5. The average molecular weight is 321 g/mol. The molecule has 0 spiro atoms. The van der Waals surface area contributed by atoms with Gasteiger partial charge in [0.15, 0.2) is 5.96 Å². The lowest BCUT2D eigenvalue weighted by atomic mass is 10.2. The van der Waals surface area contributed by atoms with Crippen LogP contribution in [-0.4, -0.2) is 68.1 Å². The van der Waals surface area contributed by atoms with Crippen LogP contribution < -0.4 is 10.6 Å². The summed E-state index contributed by atoms with van der Waals surface area (Å²) in [4.78, 5) is 11.2. The molecule has 1 aliphatic heterocycles. The smallest absolute Gasteiger partial charge is 0.191 e. The van der Waals surface area contributed by atoms with Crippen molar-refractivity contribution in [1.82, 2.24) is 9.80 Å². The number of nitrogens with zero attached hydrogens (tertiary/aromatic N) is 4. The molecule has 2 rings (SSSR count).